The summed E-state index contributed by atoms with van der Waals surface area (Å²) in [5.41, 5.74) is 2.42. The normalized spacial score (nSPS) is 18.0. The van der Waals surface area contributed by atoms with E-state index in [0.717, 1.165) is 48.2 Å². The molecule has 7 heteroatoms. The fourth-order valence-corrected chi connectivity index (χ4v) is 4.84. The summed E-state index contributed by atoms with van der Waals surface area (Å²) in [6.07, 6.45) is 6.04. The second kappa shape index (κ2) is 8.49. The van der Waals surface area contributed by atoms with Gasteiger partial charge in [-0.3, -0.25) is 14.1 Å². The SMILES string of the molecule is Cc1ccc(CNC(=O)CCC2CCCN(Cc3c(C)nc4sccn34)C2)o1. The van der Waals surface area contributed by atoms with Crippen LogP contribution in [-0.2, 0) is 17.9 Å². The number of nitrogens with one attached hydrogen (secondary N) is 1. The smallest absolute Gasteiger partial charge is 0.220 e. The molecule has 4 rings (SSSR count). The number of thiazole rings is 1. The van der Waals surface area contributed by atoms with Crippen molar-refractivity contribution in [1.82, 2.24) is 19.6 Å². The number of aryl methyl sites for hydroxylation is 2. The molecule has 6 nitrogen and oxygen atoms in total. The molecule has 1 fully saturated rings. The van der Waals surface area contributed by atoms with E-state index in [-0.39, 0.29) is 5.91 Å². The van der Waals surface area contributed by atoms with Gasteiger partial charge in [0, 0.05) is 31.1 Å². The highest BCUT2D eigenvalue weighted by atomic mass is 32.1. The minimum absolute atomic E-state index is 0.109. The lowest BCUT2D eigenvalue weighted by atomic mass is 9.93. The quantitative estimate of drug-likeness (QED) is 0.653. The fourth-order valence-electron chi connectivity index (χ4n) is 4.06. The van der Waals surface area contributed by atoms with Crippen LogP contribution in [0.1, 0.15) is 48.6 Å². The standard InChI is InChI=1S/C21H28N4O2S/c1-15-5-7-18(27-15)12-22-20(26)8-6-17-4-3-9-24(13-17)14-19-16(2)23-21-25(19)10-11-28-21/h5,7,10-11,17H,3-4,6,8-9,12-14H2,1-2H3,(H,22,26). The largest absolute Gasteiger partial charge is 0.465 e. The fraction of sp³-hybridized carbons (Fsp3) is 0.524. The van der Waals surface area contributed by atoms with Gasteiger partial charge in [0.15, 0.2) is 4.96 Å². The van der Waals surface area contributed by atoms with E-state index in [9.17, 15) is 4.79 Å². The molecule has 1 aliphatic heterocycles. The molecule has 4 heterocycles. The molecule has 0 bridgehead atoms. The van der Waals surface area contributed by atoms with Crippen molar-refractivity contribution in [1.29, 1.82) is 0 Å². The Balaban J connectivity index is 1.25. The third-order valence-corrected chi connectivity index (χ3v) is 6.33. The summed E-state index contributed by atoms with van der Waals surface area (Å²) < 4.78 is 7.71. The lowest BCUT2D eigenvalue weighted by Crippen LogP contribution is -2.36. The van der Waals surface area contributed by atoms with Crippen molar-refractivity contribution in [3.8, 4) is 0 Å². The van der Waals surface area contributed by atoms with Gasteiger partial charge >= 0.3 is 0 Å². The highest BCUT2D eigenvalue weighted by molar-refractivity contribution is 7.15. The molecule has 28 heavy (non-hydrogen) atoms. The molecule has 1 atom stereocenters. The van der Waals surface area contributed by atoms with Crippen molar-refractivity contribution in [3.05, 3.63) is 46.6 Å². The van der Waals surface area contributed by atoms with Crippen LogP contribution in [0.2, 0.25) is 0 Å². The number of nitrogens with zero attached hydrogens (tertiary/aromatic N) is 3. The summed E-state index contributed by atoms with van der Waals surface area (Å²) in [7, 11) is 0. The Kier molecular flexibility index (Phi) is 5.82. The molecule has 0 spiro atoms. The molecule has 1 aliphatic rings. The van der Waals surface area contributed by atoms with Crippen molar-refractivity contribution in [2.45, 2.75) is 52.6 Å². The maximum absolute atomic E-state index is 12.2. The van der Waals surface area contributed by atoms with E-state index in [0.29, 0.717) is 18.9 Å². The van der Waals surface area contributed by atoms with Gasteiger partial charge in [0.25, 0.3) is 0 Å². The Morgan fingerprint density at radius 3 is 3.11 bits per heavy atom. The maximum Gasteiger partial charge on any atom is 0.220 e. The van der Waals surface area contributed by atoms with Crippen LogP contribution < -0.4 is 5.32 Å². The lowest BCUT2D eigenvalue weighted by molar-refractivity contribution is -0.121. The number of fused-ring (bicyclic) bond motifs is 1. The lowest BCUT2D eigenvalue weighted by Gasteiger charge is -2.32. The third kappa shape index (κ3) is 4.47. The number of hydrogen-bond acceptors (Lipinski definition) is 5. The van der Waals surface area contributed by atoms with Gasteiger partial charge in [0.2, 0.25) is 5.91 Å². The van der Waals surface area contributed by atoms with Crippen molar-refractivity contribution in [2.24, 2.45) is 5.92 Å². The van der Waals surface area contributed by atoms with Gasteiger partial charge in [0.05, 0.1) is 17.9 Å². The highest BCUT2D eigenvalue weighted by Gasteiger charge is 2.22. The predicted molar refractivity (Wildman–Crippen MR) is 110 cm³/mol. The molecule has 150 valence electrons. The molecule has 0 aliphatic carbocycles. The second-order valence-electron chi connectivity index (χ2n) is 7.77. The minimum Gasteiger partial charge on any atom is -0.465 e. The summed E-state index contributed by atoms with van der Waals surface area (Å²) in [6.45, 7) is 7.60. The summed E-state index contributed by atoms with van der Waals surface area (Å²) in [6, 6.07) is 3.84. The number of rotatable bonds is 7. The van der Waals surface area contributed by atoms with Crippen LogP contribution in [0.3, 0.4) is 0 Å². The van der Waals surface area contributed by atoms with Crippen LogP contribution in [0.15, 0.2) is 28.1 Å². The number of piperidine rings is 1. The number of likely N-dealkylation sites (tertiary alicyclic amines) is 1. The topological polar surface area (TPSA) is 62.8 Å². The Hall–Kier alpha value is -2.12. The van der Waals surface area contributed by atoms with Gasteiger partial charge in [0.1, 0.15) is 11.5 Å². The maximum atomic E-state index is 12.2. The third-order valence-electron chi connectivity index (χ3n) is 5.57. The molecule has 0 aromatic carbocycles. The average molecular weight is 401 g/mol. The molecule has 3 aromatic rings. The van der Waals surface area contributed by atoms with Crippen LogP contribution in [0.5, 0.6) is 0 Å². The second-order valence-corrected chi connectivity index (χ2v) is 8.64. The Morgan fingerprint density at radius 1 is 1.39 bits per heavy atom. The summed E-state index contributed by atoms with van der Waals surface area (Å²) in [5.74, 6) is 2.37. The van der Waals surface area contributed by atoms with E-state index in [4.69, 9.17) is 4.42 Å². The molecule has 0 saturated carbocycles. The molecule has 1 amide bonds. The monoisotopic (exact) mass is 400 g/mol. The van der Waals surface area contributed by atoms with E-state index in [1.807, 2.05) is 19.1 Å². The average Bonchev–Trinajstić information content (AvgIpc) is 3.37. The molecular weight excluding hydrogens is 372 g/mol. The van der Waals surface area contributed by atoms with Gasteiger partial charge in [-0.05, 0) is 57.7 Å². The predicted octanol–water partition coefficient (Wildman–Crippen LogP) is 3.91. The van der Waals surface area contributed by atoms with Crippen molar-refractivity contribution < 1.29 is 9.21 Å². The van der Waals surface area contributed by atoms with Crippen LogP contribution >= 0.6 is 11.3 Å². The zero-order valence-electron chi connectivity index (χ0n) is 16.6. The highest BCUT2D eigenvalue weighted by Crippen LogP contribution is 2.24. The molecule has 1 unspecified atom stereocenters. The van der Waals surface area contributed by atoms with E-state index < -0.39 is 0 Å². The number of amides is 1. The summed E-state index contributed by atoms with van der Waals surface area (Å²) in [4.78, 5) is 20.4. The van der Waals surface area contributed by atoms with Gasteiger partial charge in [-0.15, -0.1) is 11.3 Å². The van der Waals surface area contributed by atoms with Crippen LogP contribution in [0.4, 0.5) is 0 Å². The number of carbonyl (C=O) groups is 1. The van der Waals surface area contributed by atoms with Crippen molar-refractivity contribution >= 4 is 22.2 Å². The molecule has 0 radical (unpaired) electrons. The van der Waals surface area contributed by atoms with Gasteiger partial charge in [-0.2, -0.15) is 0 Å². The zero-order chi connectivity index (χ0) is 19.5. The van der Waals surface area contributed by atoms with Gasteiger partial charge < -0.3 is 9.73 Å². The molecule has 1 N–H and O–H groups in total. The zero-order valence-corrected chi connectivity index (χ0v) is 17.4. The molecular formula is C21H28N4O2S. The van der Waals surface area contributed by atoms with Crippen molar-refractivity contribution in [2.75, 3.05) is 13.1 Å². The van der Waals surface area contributed by atoms with Gasteiger partial charge in [-0.1, -0.05) is 0 Å². The Morgan fingerprint density at radius 2 is 2.29 bits per heavy atom. The van der Waals surface area contributed by atoms with E-state index in [1.54, 1.807) is 11.3 Å². The first-order valence-corrected chi connectivity index (χ1v) is 10.9. The minimum atomic E-state index is 0.109. The first-order valence-electron chi connectivity index (χ1n) is 10.0. The number of hydrogen-bond donors (Lipinski definition) is 1. The Labute approximate surface area is 169 Å². The number of furan rings is 1. The van der Waals surface area contributed by atoms with E-state index in [2.05, 4.69) is 38.1 Å². The Bertz CT molecular complexity index is 941. The van der Waals surface area contributed by atoms with Crippen LogP contribution in [0.25, 0.3) is 4.96 Å². The summed E-state index contributed by atoms with van der Waals surface area (Å²) in [5, 5.41) is 5.06. The first kappa shape index (κ1) is 19.2. The van der Waals surface area contributed by atoms with E-state index in [1.165, 1.54) is 18.5 Å². The van der Waals surface area contributed by atoms with Crippen LogP contribution in [0, 0.1) is 19.8 Å². The van der Waals surface area contributed by atoms with E-state index >= 15 is 0 Å². The summed E-state index contributed by atoms with van der Waals surface area (Å²) >= 11 is 1.68. The van der Waals surface area contributed by atoms with Gasteiger partial charge in [-0.25, -0.2) is 4.98 Å². The number of aromatic nitrogens is 2. The molecule has 1 saturated heterocycles. The number of carbonyl (C=O) groups excluding carboxylic acids is 1. The first-order chi connectivity index (χ1) is 13.6. The van der Waals surface area contributed by atoms with Crippen molar-refractivity contribution in [3.63, 3.8) is 0 Å². The van der Waals surface area contributed by atoms with Crippen LogP contribution in [-0.4, -0.2) is 33.3 Å². The number of imidazole rings is 1. The molecule has 3 aromatic heterocycles.